The molecule has 2 aromatic heterocycles. The zero-order valence-electron chi connectivity index (χ0n) is 18.5. The molecule has 0 atom stereocenters. The van der Waals surface area contributed by atoms with Gasteiger partial charge in [0.05, 0.1) is 12.1 Å². The largest absolute Gasteiger partial charge is 0.457 e. The summed E-state index contributed by atoms with van der Waals surface area (Å²) in [6.45, 7) is 7.56. The van der Waals surface area contributed by atoms with E-state index < -0.39 is 0 Å². The summed E-state index contributed by atoms with van der Waals surface area (Å²) in [5.74, 6) is 1.93. The third kappa shape index (κ3) is 4.64. The maximum absolute atomic E-state index is 13.1. The zero-order valence-corrected chi connectivity index (χ0v) is 18.5. The molecule has 0 unspecified atom stereocenters. The lowest BCUT2D eigenvalue weighted by Gasteiger charge is -2.35. The van der Waals surface area contributed by atoms with E-state index in [0.29, 0.717) is 49.0 Å². The average Bonchev–Trinajstić information content (AvgIpc) is 3.13. The summed E-state index contributed by atoms with van der Waals surface area (Å²) in [7, 11) is 0. The molecule has 3 heterocycles. The molecule has 8 nitrogen and oxygen atoms in total. The minimum absolute atomic E-state index is 0.0230. The van der Waals surface area contributed by atoms with Gasteiger partial charge in [-0.2, -0.15) is 0 Å². The fourth-order valence-corrected chi connectivity index (χ4v) is 3.74. The molecule has 166 valence electrons. The number of rotatable bonds is 5. The molecule has 1 aliphatic heterocycles. The van der Waals surface area contributed by atoms with Crippen LogP contribution in [0.5, 0.6) is 11.5 Å². The van der Waals surface area contributed by atoms with Gasteiger partial charge in [-0.05, 0) is 50.6 Å². The van der Waals surface area contributed by atoms with Crippen LogP contribution in [-0.4, -0.2) is 57.9 Å². The van der Waals surface area contributed by atoms with Gasteiger partial charge in [-0.3, -0.25) is 14.6 Å². The van der Waals surface area contributed by atoms with E-state index in [-0.39, 0.29) is 18.2 Å². The van der Waals surface area contributed by atoms with E-state index in [2.05, 4.69) is 10.1 Å². The first-order chi connectivity index (χ1) is 15.4. The Morgan fingerprint density at radius 1 is 1.00 bits per heavy atom. The van der Waals surface area contributed by atoms with E-state index in [0.717, 1.165) is 16.8 Å². The van der Waals surface area contributed by atoms with Gasteiger partial charge in [-0.1, -0.05) is 11.2 Å². The molecule has 1 fully saturated rings. The summed E-state index contributed by atoms with van der Waals surface area (Å²) in [6, 6.07) is 9.01. The SMILES string of the molecule is Cc1ccc(C(=O)N2CCN(C(=O)Cc3c(C)noc3C)CC2)cc1Oc1ccncc1. The van der Waals surface area contributed by atoms with E-state index >= 15 is 0 Å². The second-order valence-corrected chi connectivity index (χ2v) is 7.92. The lowest BCUT2D eigenvalue weighted by molar-refractivity contribution is -0.131. The molecule has 3 aromatic rings. The van der Waals surface area contributed by atoms with Crippen LogP contribution >= 0.6 is 0 Å². The summed E-state index contributed by atoms with van der Waals surface area (Å²) < 4.78 is 11.1. The molecule has 1 saturated heterocycles. The number of aryl methyl sites for hydroxylation is 3. The summed E-state index contributed by atoms with van der Waals surface area (Å²) in [5.41, 5.74) is 3.09. The van der Waals surface area contributed by atoms with Crippen molar-refractivity contribution in [2.45, 2.75) is 27.2 Å². The molecule has 0 aliphatic carbocycles. The Kier molecular flexibility index (Phi) is 6.20. The number of benzene rings is 1. The van der Waals surface area contributed by atoms with Crippen LogP contribution < -0.4 is 4.74 Å². The molecule has 0 bridgehead atoms. The summed E-state index contributed by atoms with van der Waals surface area (Å²) in [6.07, 6.45) is 3.58. The molecular formula is C24H26N4O4. The second-order valence-electron chi connectivity index (χ2n) is 7.92. The third-order valence-corrected chi connectivity index (χ3v) is 5.74. The summed E-state index contributed by atoms with van der Waals surface area (Å²) in [5, 5.41) is 3.91. The van der Waals surface area contributed by atoms with Crippen LogP contribution in [-0.2, 0) is 11.2 Å². The zero-order chi connectivity index (χ0) is 22.7. The number of carbonyl (C=O) groups excluding carboxylic acids is 2. The number of hydrogen-bond acceptors (Lipinski definition) is 6. The van der Waals surface area contributed by atoms with Crippen LogP contribution in [0.15, 0.2) is 47.2 Å². The van der Waals surface area contributed by atoms with Crippen molar-refractivity contribution in [2.75, 3.05) is 26.2 Å². The highest BCUT2D eigenvalue weighted by atomic mass is 16.5. The molecule has 1 aliphatic rings. The number of piperazine rings is 1. The van der Waals surface area contributed by atoms with E-state index in [9.17, 15) is 9.59 Å². The van der Waals surface area contributed by atoms with Gasteiger partial charge < -0.3 is 19.1 Å². The van der Waals surface area contributed by atoms with Gasteiger partial charge in [-0.25, -0.2) is 0 Å². The van der Waals surface area contributed by atoms with E-state index in [1.54, 1.807) is 40.4 Å². The van der Waals surface area contributed by atoms with Crippen LogP contribution in [0.1, 0.15) is 32.9 Å². The Morgan fingerprint density at radius 3 is 2.34 bits per heavy atom. The Hall–Kier alpha value is -3.68. The highest BCUT2D eigenvalue weighted by Gasteiger charge is 2.26. The summed E-state index contributed by atoms with van der Waals surface area (Å²) >= 11 is 0. The van der Waals surface area contributed by atoms with Crippen LogP contribution in [0.4, 0.5) is 0 Å². The number of aromatic nitrogens is 2. The van der Waals surface area contributed by atoms with E-state index in [1.807, 2.05) is 32.9 Å². The standard InChI is InChI=1S/C24H26N4O4/c1-16-4-5-19(14-22(16)31-20-6-8-25-9-7-20)24(30)28-12-10-27(11-13-28)23(29)15-21-17(2)26-32-18(21)3/h4-9,14H,10-13,15H2,1-3H3. The van der Waals surface area contributed by atoms with Gasteiger partial charge in [0.25, 0.3) is 5.91 Å². The van der Waals surface area contributed by atoms with Crippen molar-refractivity contribution in [3.05, 3.63) is 70.9 Å². The van der Waals surface area contributed by atoms with Gasteiger partial charge in [-0.15, -0.1) is 0 Å². The number of carbonyl (C=O) groups is 2. The number of hydrogen-bond donors (Lipinski definition) is 0. The predicted molar refractivity (Wildman–Crippen MR) is 118 cm³/mol. The van der Waals surface area contributed by atoms with Crippen molar-refractivity contribution in [3.8, 4) is 11.5 Å². The van der Waals surface area contributed by atoms with Crippen LogP contribution in [0, 0.1) is 20.8 Å². The number of nitrogens with zero attached hydrogens (tertiary/aromatic N) is 4. The molecule has 0 spiro atoms. The minimum atomic E-state index is -0.0672. The van der Waals surface area contributed by atoms with Crippen molar-refractivity contribution in [3.63, 3.8) is 0 Å². The molecule has 0 radical (unpaired) electrons. The first-order valence-corrected chi connectivity index (χ1v) is 10.6. The third-order valence-electron chi connectivity index (χ3n) is 5.74. The van der Waals surface area contributed by atoms with Crippen molar-refractivity contribution in [2.24, 2.45) is 0 Å². The van der Waals surface area contributed by atoms with E-state index in [4.69, 9.17) is 9.26 Å². The number of amides is 2. The molecule has 1 aromatic carbocycles. The molecule has 4 rings (SSSR count). The maximum atomic E-state index is 13.1. The van der Waals surface area contributed by atoms with Crippen molar-refractivity contribution >= 4 is 11.8 Å². The fourth-order valence-electron chi connectivity index (χ4n) is 3.74. The normalized spacial score (nSPS) is 13.8. The van der Waals surface area contributed by atoms with Crippen molar-refractivity contribution < 1.29 is 18.8 Å². The topological polar surface area (TPSA) is 88.8 Å². The molecule has 0 N–H and O–H groups in total. The van der Waals surface area contributed by atoms with Gasteiger partial charge in [0.1, 0.15) is 17.3 Å². The first-order valence-electron chi connectivity index (χ1n) is 10.6. The van der Waals surface area contributed by atoms with E-state index in [1.165, 1.54) is 0 Å². The quantitative estimate of drug-likeness (QED) is 0.612. The highest BCUT2D eigenvalue weighted by Crippen LogP contribution is 2.26. The first kappa shape index (κ1) is 21.5. The van der Waals surface area contributed by atoms with Crippen molar-refractivity contribution in [1.29, 1.82) is 0 Å². The van der Waals surface area contributed by atoms with Gasteiger partial charge in [0.15, 0.2) is 0 Å². The van der Waals surface area contributed by atoms with Crippen LogP contribution in [0.3, 0.4) is 0 Å². The lowest BCUT2D eigenvalue weighted by atomic mass is 10.1. The number of ether oxygens (including phenoxy) is 1. The second kappa shape index (κ2) is 9.21. The van der Waals surface area contributed by atoms with Gasteiger partial charge >= 0.3 is 0 Å². The molecule has 0 saturated carbocycles. The molecule has 2 amide bonds. The van der Waals surface area contributed by atoms with Gasteiger partial charge in [0.2, 0.25) is 5.91 Å². The van der Waals surface area contributed by atoms with Crippen LogP contribution in [0.2, 0.25) is 0 Å². The maximum Gasteiger partial charge on any atom is 0.254 e. The predicted octanol–water partition coefficient (Wildman–Crippen LogP) is 3.31. The minimum Gasteiger partial charge on any atom is -0.457 e. The highest BCUT2D eigenvalue weighted by molar-refractivity contribution is 5.95. The van der Waals surface area contributed by atoms with Crippen molar-refractivity contribution in [1.82, 2.24) is 19.9 Å². The smallest absolute Gasteiger partial charge is 0.254 e. The van der Waals surface area contributed by atoms with Crippen LogP contribution in [0.25, 0.3) is 0 Å². The number of pyridine rings is 1. The molecule has 8 heteroatoms. The molecule has 32 heavy (non-hydrogen) atoms. The van der Waals surface area contributed by atoms with Gasteiger partial charge in [0, 0.05) is 49.7 Å². The summed E-state index contributed by atoms with van der Waals surface area (Å²) in [4.78, 5) is 33.3. The Morgan fingerprint density at radius 2 is 1.69 bits per heavy atom. The molecular weight excluding hydrogens is 408 g/mol. The lowest BCUT2D eigenvalue weighted by Crippen LogP contribution is -2.51. The monoisotopic (exact) mass is 434 g/mol. The fraction of sp³-hybridized carbons (Fsp3) is 0.333. The Bertz CT molecular complexity index is 1100. The average molecular weight is 434 g/mol. The Balaban J connectivity index is 1.38. The Labute approximate surface area is 186 Å².